The molecule has 0 aliphatic heterocycles. The Balaban J connectivity index is 1.29. The summed E-state index contributed by atoms with van der Waals surface area (Å²) in [5.41, 5.74) is 10.8. The molecule has 50 heavy (non-hydrogen) atoms. The molecule has 0 N–H and O–H groups in total. The van der Waals surface area contributed by atoms with Gasteiger partial charge < -0.3 is 4.42 Å². The third-order valence-corrected chi connectivity index (χ3v) is 10.0. The molecule has 0 saturated carbocycles. The number of para-hydroxylation sites is 1. The minimum absolute atomic E-state index is 0.603. The van der Waals surface area contributed by atoms with Crippen molar-refractivity contribution in [1.82, 2.24) is 15.0 Å². The highest BCUT2D eigenvalue weighted by molar-refractivity contribution is 6.11. The fourth-order valence-corrected chi connectivity index (χ4v) is 7.80. The van der Waals surface area contributed by atoms with Crippen molar-refractivity contribution >= 4 is 21.9 Å². The van der Waals surface area contributed by atoms with Crippen molar-refractivity contribution in [3.8, 4) is 45.0 Å². The van der Waals surface area contributed by atoms with E-state index in [-0.39, 0.29) is 0 Å². The fourth-order valence-electron chi connectivity index (χ4n) is 7.80. The summed E-state index contributed by atoms with van der Waals surface area (Å²) in [5, 5.41) is 2.02. The fraction of sp³-hybridized carbons (Fsp3) is 0.0217. The maximum Gasteiger partial charge on any atom is 0.164 e. The van der Waals surface area contributed by atoms with Crippen LogP contribution in [0.5, 0.6) is 0 Å². The van der Waals surface area contributed by atoms with Gasteiger partial charge in [0.15, 0.2) is 17.5 Å². The average molecular weight is 640 g/mol. The van der Waals surface area contributed by atoms with Crippen LogP contribution in [-0.4, -0.2) is 15.0 Å². The van der Waals surface area contributed by atoms with Gasteiger partial charge in [0.1, 0.15) is 16.6 Å². The van der Waals surface area contributed by atoms with Crippen LogP contribution in [0.25, 0.3) is 67.0 Å². The van der Waals surface area contributed by atoms with Crippen molar-refractivity contribution in [3.63, 3.8) is 0 Å². The monoisotopic (exact) mass is 639 g/mol. The van der Waals surface area contributed by atoms with Gasteiger partial charge in [-0.3, -0.25) is 0 Å². The average Bonchev–Trinajstić information content (AvgIpc) is 3.73. The molecule has 0 amide bonds. The smallest absolute Gasteiger partial charge is 0.164 e. The lowest BCUT2D eigenvalue weighted by atomic mass is 9.71. The van der Waals surface area contributed by atoms with E-state index in [4.69, 9.17) is 19.4 Å². The Bertz CT molecular complexity index is 2650. The van der Waals surface area contributed by atoms with Gasteiger partial charge in [0, 0.05) is 21.9 Å². The molecule has 0 fully saturated rings. The van der Waals surface area contributed by atoms with Gasteiger partial charge in [-0.2, -0.15) is 0 Å². The summed E-state index contributed by atoms with van der Waals surface area (Å²) in [5.74, 6) is 1.90. The minimum atomic E-state index is -0.781. The summed E-state index contributed by atoms with van der Waals surface area (Å²) in [6.07, 6.45) is 0. The zero-order valence-corrected chi connectivity index (χ0v) is 27.0. The predicted molar refractivity (Wildman–Crippen MR) is 201 cm³/mol. The van der Waals surface area contributed by atoms with Crippen LogP contribution >= 0.6 is 0 Å². The number of furan rings is 1. The van der Waals surface area contributed by atoms with Crippen molar-refractivity contribution in [3.05, 3.63) is 198 Å². The molecule has 4 nitrogen and oxygen atoms in total. The Morgan fingerprint density at radius 2 is 0.920 bits per heavy atom. The number of hydrogen-bond acceptors (Lipinski definition) is 4. The summed E-state index contributed by atoms with van der Waals surface area (Å²) in [6.45, 7) is 0. The predicted octanol–water partition coefficient (Wildman–Crippen LogP) is 11.1. The molecule has 0 unspecified atom stereocenters. The summed E-state index contributed by atoms with van der Waals surface area (Å²) < 4.78 is 6.33. The zero-order valence-electron chi connectivity index (χ0n) is 27.0. The highest BCUT2D eigenvalue weighted by atomic mass is 16.3. The third-order valence-electron chi connectivity index (χ3n) is 10.0. The molecule has 234 valence electrons. The van der Waals surface area contributed by atoms with Gasteiger partial charge in [0.25, 0.3) is 0 Å². The van der Waals surface area contributed by atoms with E-state index < -0.39 is 5.41 Å². The van der Waals surface area contributed by atoms with Crippen LogP contribution < -0.4 is 0 Å². The van der Waals surface area contributed by atoms with Crippen molar-refractivity contribution in [2.75, 3.05) is 0 Å². The maximum absolute atomic E-state index is 6.33. The zero-order chi connectivity index (χ0) is 33.1. The highest BCUT2D eigenvalue weighted by Gasteiger charge is 2.48. The molecule has 1 aliphatic rings. The molecule has 0 spiro atoms. The molecule has 1 aliphatic carbocycles. The molecule has 2 aromatic heterocycles. The Morgan fingerprint density at radius 3 is 1.66 bits per heavy atom. The quantitative estimate of drug-likeness (QED) is 0.188. The molecular formula is C46H29N3O. The molecule has 2 heterocycles. The summed E-state index contributed by atoms with van der Waals surface area (Å²) >= 11 is 0. The van der Waals surface area contributed by atoms with E-state index in [1.807, 2.05) is 36.4 Å². The number of nitrogens with zero attached hydrogens (tertiary/aromatic N) is 3. The molecule has 0 atom stereocenters. The molecule has 0 radical (unpaired) electrons. The Labute approximate surface area is 289 Å². The topological polar surface area (TPSA) is 51.8 Å². The van der Waals surface area contributed by atoms with Gasteiger partial charge in [0.2, 0.25) is 0 Å². The first-order valence-corrected chi connectivity index (χ1v) is 16.9. The minimum Gasteiger partial charge on any atom is -0.456 e. The highest BCUT2D eigenvalue weighted by Crippen LogP contribution is 2.55. The van der Waals surface area contributed by atoms with Crippen LogP contribution in [0.2, 0.25) is 0 Å². The first kappa shape index (κ1) is 28.4. The van der Waals surface area contributed by atoms with Crippen LogP contribution in [0.1, 0.15) is 22.5 Å². The molecular weight excluding hydrogens is 611 g/mol. The van der Waals surface area contributed by atoms with E-state index in [0.29, 0.717) is 17.5 Å². The normalized spacial score (nSPS) is 13.0. The van der Waals surface area contributed by atoms with E-state index in [0.717, 1.165) is 60.9 Å². The first-order valence-electron chi connectivity index (χ1n) is 16.9. The van der Waals surface area contributed by atoms with Crippen LogP contribution in [0, 0.1) is 0 Å². The van der Waals surface area contributed by atoms with Crippen LogP contribution in [0.3, 0.4) is 0 Å². The van der Waals surface area contributed by atoms with Crippen LogP contribution in [0.4, 0.5) is 0 Å². The number of aromatic nitrogens is 3. The SMILES string of the molecule is c1ccc(-c2ccc(-c3nc(-c4cccc5oc6ccccc6c45)nc(C4(c5ccccc5)c5ccccc5-c5ccccc54)n3)cc2)cc1. The van der Waals surface area contributed by atoms with E-state index in [2.05, 4.69) is 140 Å². The van der Waals surface area contributed by atoms with Gasteiger partial charge in [-0.1, -0.05) is 164 Å². The lowest BCUT2D eigenvalue weighted by molar-refractivity contribution is 0.669. The van der Waals surface area contributed by atoms with Gasteiger partial charge in [-0.25, -0.2) is 15.0 Å². The van der Waals surface area contributed by atoms with Crippen LogP contribution in [-0.2, 0) is 5.41 Å². The van der Waals surface area contributed by atoms with Gasteiger partial charge in [-0.05, 0) is 51.1 Å². The van der Waals surface area contributed by atoms with E-state index in [9.17, 15) is 0 Å². The standard InChI is InChI=1S/C46H29N3O/c1-3-14-30(15-4-1)31-26-28-32(29-27-31)43-47-44(37-21-13-25-41-42(37)36-20-9-12-24-40(36)50-41)49-45(48-43)46(33-16-5-2-6-17-33)38-22-10-7-18-34(38)35-19-8-11-23-39(35)46/h1-29H. The number of rotatable bonds is 5. The second kappa shape index (κ2) is 11.2. The molecule has 7 aromatic carbocycles. The van der Waals surface area contributed by atoms with Crippen molar-refractivity contribution in [2.45, 2.75) is 5.41 Å². The lowest BCUT2D eigenvalue weighted by Crippen LogP contribution is -2.31. The van der Waals surface area contributed by atoms with Crippen LogP contribution in [0.15, 0.2) is 180 Å². The van der Waals surface area contributed by atoms with Gasteiger partial charge in [0.05, 0.1) is 0 Å². The second-order valence-electron chi connectivity index (χ2n) is 12.7. The van der Waals surface area contributed by atoms with Crippen molar-refractivity contribution < 1.29 is 4.42 Å². The van der Waals surface area contributed by atoms with Crippen molar-refractivity contribution in [1.29, 1.82) is 0 Å². The van der Waals surface area contributed by atoms with Gasteiger partial charge in [-0.15, -0.1) is 0 Å². The van der Waals surface area contributed by atoms with Gasteiger partial charge >= 0.3 is 0 Å². The Hall–Kier alpha value is -6.65. The largest absolute Gasteiger partial charge is 0.456 e. The number of hydrogen-bond donors (Lipinski definition) is 0. The molecule has 10 rings (SSSR count). The van der Waals surface area contributed by atoms with E-state index >= 15 is 0 Å². The number of benzene rings is 7. The lowest BCUT2D eigenvalue weighted by Gasteiger charge is -2.32. The Morgan fingerprint density at radius 1 is 0.380 bits per heavy atom. The molecule has 4 heteroatoms. The molecule has 0 saturated heterocycles. The third kappa shape index (κ3) is 4.22. The van der Waals surface area contributed by atoms with E-state index in [1.54, 1.807) is 0 Å². The van der Waals surface area contributed by atoms with E-state index in [1.165, 1.54) is 11.1 Å². The summed E-state index contributed by atoms with van der Waals surface area (Å²) in [6, 6.07) is 61.2. The Kier molecular flexibility index (Phi) is 6.36. The number of fused-ring (bicyclic) bond motifs is 6. The molecule has 0 bridgehead atoms. The van der Waals surface area contributed by atoms with Crippen molar-refractivity contribution in [2.24, 2.45) is 0 Å². The molecule has 9 aromatic rings. The summed E-state index contributed by atoms with van der Waals surface area (Å²) in [7, 11) is 0. The summed E-state index contributed by atoms with van der Waals surface area (Å²) in [4.78, 5) is 16.2. The second-order valence-corrected chi connectivity index (χ2v) is 12.7. The maximum atomic E-state index is 6.33. The first-order chi connectivity index (χ1) is 24.8.